The second-order valence-electron chi connectivity index (χ2n) is 2.26. The summed E-state index contributed by atoms with van der Waals surface area (Å²) in [7, 11) is 0. The molecule has 0 unspecified atom stereocenters. The Kier molecular flexibility index (Phi) is 4.49. The van der Waals surface area contributed by atoms with Gasteiger partial charge >= 0.3 is 0 Å². The van der Waals surface area contributed by atoms with Crippen LogP contribution in [-0.2, 0) is 21.1 Å². The van der Waals surface area contributed by atoms with E-state index in [-0.39, 0.29) is 38.1 Å². The largest absolute Gasteiger partial charge is 0.352 e. The molecule has 0 bridgehead atoms. The van der Waals surface area contributed by atoms with Gasteiger partial charge in [-0.25, -0.2) is 0 Å². The fourth-order valence-electron chi connectivity index (χ4n) is 0.769. The van der Waals surface area contributed by atoms with Gasteiger partial charge in [-0.05, 0) is 6.92 Å². The second-order valence-corrected chi connectivity index (χ2v) is 2.26. The fraction of sp³-hybridized carbons (Fsp3) is 0.125. The average molecular weight is 348 g/mol. The first-order valence-corrected chi connectivity index (χ1v) is 3.29. The van der Waals surface area contributed by atoms with E-state index in [1.165, 1.54) is 25.1 Å². The number of non-ortho nitro benzene ring substituents is 1. The van der Waals surface area contributed by atoms with Crippen LogP contribution in [0.5, 0.6) is 0 Å². The van der Waals surface area contributed by atoms with E-state index in [9.17, 15) is 14.9 Å². The minimum atomic E-state index is -0.577. The van der Waals surface area contributed by atoms with Crippen molar-refractivity contribution in [1.82, 2.24) is 0 Å². The zero-order valence-electron chi connectivity index (χ0n) is 6.81. The van der Waals surface area contributed by atoms with Gasteiger partial charge in [-0.1, -0.05) is 12.1 Å². The van der Waals surface area contributed by atoms with E-state index < -0.39 is 4.92 Å². The van der Waals surface area contributed by atoms with Crippen molar-refractivity contribution in [2.24, 2.45) is 0 Å². The van der Waals surface area contributed by atoms with Gasteiger partial charge in [0.15, 0.2) is 5.69 Å². The molecule has 0 amide bonds. The van der Waals surface area contributed by atoms with E-state index in [0.717, 1.165) is 0 Å². The number of nitrogens with zero attached hydrogens (tertiary/aromatic N) is 1. The van der Waals surface area contributed by atoms with Crippen LogP contribution in [0, 0.1) is 16.2 Å². The Morgan fingerprint density at radius 2 is 2.15 bits per heavy atom. The molecule has 0 aliphatic rings. The Morgan fingerprint density at radius 1 is 1.54 bits per heavy atom. The van der Waals surface area contributed by atoms with Gasteiger partial charge < -0.3 is 4.79 Å². The molecule has 0 spiro atoms. The van der Waals surface area contributed by atoms with Crippen LogP contribution in [0.25, 0.3) is 0 Å². The van der Waals surface area contributed by atoms with Gasteiger partial charge in [0.1, 0.15) is 0 Å². The fourth-order valence-corrected chi connectivity index (χ4v) is 0.769. The number of rotatable bonds is 2. The zero-order valence-corrected chi connectivity index (χ0v) is 9.75. The summed E-state index contributed by atoms with van der Waals surface area (Å²) in [5, 5.41) is 10.2. The van der Waals surface area contributed by atoms with Gasteiger partial charge in [0.25, 0.3) is 0 Å². The number of carbonyl (C=O) groups is 1. The summed E-state index contributed by atoms with van der Waals surface area (Å²) in [5.41, 5.74) is 0.0619. The summed E-state index contributed by atoms with van der Waals surface area (Å²) in [6.45, 7) is 1.34. The third-order valence-electron chi connectivity index (χ3n) is 1.36. The number of ketones is 1. The first-order valence-electron chi connectivity index (χ1n) is 3.29. The number of carbonyl (C=O) groups excluding carboxylic acids is 1. The summed E-state index contributed by atoms with van der Waals surface area (Å²) < 4.78 is 0. The number of hydrogen-bond acceptors (Lipinski definition) is 3. The van der Waals surface area contributed by atoms with Gasteiger partial charge in [0.2, 0.25) is 0 Å². The van der Waals surface area contributed by atoms with Crippen LogP contribution in [0.2, 0.25) is 0 Å². The summed E-state index contributed by atoms with van der Waals surface area (Å²) in [6.07, 6.45) is 0. The molecule has 0 aliphatic carbocycles. The Balaban J connectivity index is 0.00000144. The van der Waals surface area contributed by atoms with Gasteiger partial charge in [-0.15, -0.1) is 17.7 Å². The maximum absolute atomic E-state index is 10.8. The summed E-state index contributed by atoms with van der Waals surface area (Å²) in [5.74, 6) is -0.223. The molecule has 0 heterocycles. The monoisotopic (exact) mass is 348 g/mol. The average Bonchev–Trinajstić information content (AvgIpc) is 2.04. The van der Waals surface area contributed by atoms with Crippen molar-refractivity contribution >= 4 is 11.5 Å². The second kappa shape index (κ2) is 4.87. The number of benzene rings is 1. The molecular weight excluding hydrogens is 342 g/mol. The predicted octanol–water partition coefficient (Wildman–Crippen LogP) is 1.60. The number of nitro groups is 1. The van der Waals surface area contributed by atoms with Crippen molar-refractivity contribution in [3.63, 3.8) is 0 Å². The number of hydrogen-bond donors (Lipinski definition) is 0. The Labute approximate surface area is 89.4 Å². The van der Waals surface area contributed by atoms with Crippen LogP contribution >= 0.6 is 0 Å². The van der Waals surface area contributed by atoms with Gasteiger partial charge in [-0.3, -0.25) is 10.1 Å². The van der Waals surface area contributed by atoms with Gasteiger partial charge in [-0.2, -0.15) is 0 Å². The van der Waals surface area contributed by atoms with E-state index in [1.807, 2.05) is 0 Å². The summed E-state index contributed by atoms with van der Waals surface area (Å²) in [4.78, 5) is 20.4. The van der Waals surface area contributed by atoms with E-state index in [2.05, 4.69) is 6.07 Å². The normalized spacial score (nSPS) is 8.69. The van der Waals surface area contributed by atoms with Crippen LogP contribution in [0.3, 0.4) is 0 Å². The molecule has 0 aliphatic heterocycles. The molecule has 1 rings (SSSR count). The summed E-state index contributed by atoms with van der Waals surface area (Å²) >= 11 is 0. The summed E-state index contributed by atoms with van der Waals surface area (Å²) in [6, 6.07) is 6.65. The third kappa shape index (κ3) is 3.07. The van der Waals surface area contributed by atoms with E-state index in [0.29, 0.717) is 0 Å². The molecule has 13 heavy (non-hydrogen) atoms. The Morgan fingerprint density at radius 3 is 2.62 bits per heavy atom. The van der Waals surface area contributed by atoms with Crippen molar-refractivity contribution in [3.05, 3.63) is 39.9 Å². The molecule has 0 saturated heterocycles. The predicted molar refractivity (Wildman–Crippen MR) is 41.9 cm³/mol. The maximum Gasteiger partial charge on any atom is 0.191 e. The van der Waals surface area contributed by atoms with E-state index >= 15 is 0 Å². The molecule has 5 heteroatoms. The molecule has 0 aromatic heterocycles. The third-order valence-corrected chi connectivity index (χ3v) is 1.36. The quantitative estimate of drug-likeness (QED) is 0.353. The van der Waals surface area contributed by atoms with Crippen molar-refractivity contribution < 1.29 is 30.8 Å². The standard InChI is InChI=1S/C8H6NO3.W/c1-6(10)7-3-2-4-8(5-7)9(11)12;/h2-4H,1H3;/q-1;. The smallest absolute Gasteiger partial charge is 0.191 e. The molecule has 0 atom stereocenters. The minimum absolute atomic E-state index is 0. The molecule has 0 radical (unpaired) electrons. The molecule has 1 aromatic carbocycles. The zero-order chi connectivity index (χ0) is 9.14. The van der Waals surface area contributed by atoms with Crippen molar-refractivity contribution in [3.8, 4) is 0 Å². The van der Waals surface area contributed by atoms with Gasteiger partial charge in [0, 0.05) is 26.0 Å². The molecule has 0 fully saturated rings. The van der Waals surface area contributed by atoms with E-state index in [4.69, 9.17) is 0 Å². The van der Waals surface area contributed by atoms with Crippen LogP contribution in [0.15, 0.2) is 18.2 Å². The molecule has 68 valence electrons. The van der Waals surface area contributed by atoms with Crippen LogP contribution < -0.4 is 0 Å². The molecular formula is C8H6NO3W-. The molecule has 0 N–H and O–H groups in total. The van der Waals surface area contributed by atoms with Crippen molar-refractivity contribution in [1.29, 1.82) is 0 Å². The first-order chi connectivity index (χ1) is 5.61. The minimum Gasteiger partial charge on any atom is -0.352 e. The van der Waals surface area contributed by atoms with Crippen molar-refractivity contribution in [2.45, 2.75) is 6.92 Å². The SMILES string of the molecule is CC(=O)c1[c-]c([N+](=O)[O-])ccc1.[W]. The van der Waals surface area contributed by atoms with Crippen LogP contribution in [0.1, 0.15) is 17.3 Å². The van der Waals surface area contributed by atoms with Crippen LogP contribution in [-0.4, -0.2) is 10.7 Å². The maximum atomic E-state index is 10.8. The number of nitro benzene ring substituents is 1. The van der Waals surface area contributed by atoms with E-state index in [1.54, 1.807) is 0 Å². The van der Waals surface area contributed by atoms with Crippen LogP contribution in [0.4, 0.5) is 5.69 Å². The first kappa shape index (κ1) is 12.0. The Bertz CT molecular complexity index is 309. The molecule has 4 nitrogen and oxygen atoms in total. The number of Topliss-reactive ketones (excluding diaryl/α,β-unsaturated/α-hetero) is 1. The molecule has 1 aromatic rings. The molecule has 0 saturated carbocycles. The van der Waals surface area contributed by atoms with Gasteiger partial charge in [0.05, 0.1) is 5.78 Å². The van der Waals surface area contributed by atoms with Crippen molar-refractivity contribution in [2.75, 3.05) is 0 Å². The topological polar surface area (TPSA) is 60.2 Å². The Hall–Kier alpha value is -1.02.